The second kappa shape index (κ2) is 6.57. The molecule has 0 heterocycles. The van der Waals surface area contributed by atoms with Crippen LogP contribution in [-0.2, 0) is 0 Å². The van der Waals surface area contributed by atoms with Crippen molar-refractivity contribution >= 4 is 0 Å². The highest BCUT2D eigenvalue weighted by atomic mass is 16.5. The van der Waals surface area contributed by atoms with E-state index in [4.69, 9.17) is 9.47 Å². The van der Waals surface area contributed by atoms with Crippen LogP contribution in [0.4, 0.5) is 0 Å². The summed E-state index contributed by atoms with van der Waals surface area (Å²) in [4.78, 5) is 0. The first-order chi connectivity index (χ1) is 11.2. The van der Waals surface area contributed by atoms with Gasteiger partial charge >= 0.3 is 0 Å². The summed E-state index contributed by atoms with van der Waals surface area (Å²) < 4.78 is 10.9. The van der Waals surface area contributed by atoms with E-state index in [9.17, 15) is 0 Å². The van der Waals surface area contributed by atoms with Crippen LogP contribution in [0.1, 0.15) is 5.56 Å². The molecule has 116 valence electrons. The predicted octanol–water partition coefficient (Wildman–Crippen LogP) is 5.35. The molecule has 0 saturated heterocycles. The molecule has 0 radical (unpaired) electrons. The summed E-state index contributed by atoms with van der Waals surface area (Å²) >= 11 is 0. The summed E-state index contributed by atoms with van der Waals surface area (Å²) in [5, 5.41) is 0. The molecule has 3 rings (SSSR count). The van der Waals surface area contributed by atoms with Gasteiger partial charge in [-0.3, -0.25) is 0 Å². The van der Waals surface area contributed by atoms with Crippen molar-refractivity contribution in [2.24, 2.45) is 0 Å². The maximum absolute atomic E-state index is 5.62. The Morgan fingerprint density at radius 3 is 2.09 bits per heavy atom. The van der Waals surface area contributed by atoms with Gasteiger partial charge in [0.2, 0.25) is 0 Å². The van der Waals surface area contributed by atoms with Gasteiger partial charge in [0.1, 0.15) is 11.5 Å². The van der Waals surface area contributed by atoms with Crippen LogP contribution in [0.2, 0.25) is 0 Å². The molecule has 0 amide bonds. The van der Waals surface area contributed by atoms with Gasteiger partial charge in [-0.15, -0.1) is 0 Å². The molecule has 0 aliphatic heterocycles. The normalized spacial score (nSPS) is 10.4. The summed E-state index contributed by atoms with van der Waals surface area (Å²) in [6, 6.07) is 22.8. The van der Waals surface area contributed by atoms with E-state index >= 15 is 0 Å². The van der Waals surface area contributed by atoms with E-state index in [-0.39, 0.29) is 0 Å². The molecular weight excluding hydrogens is 284 g/mol. The molecule has 23 heavy (non-hydrogen) atoms. The average Bonchev–Trinajstić information content (AvgIpc) is 2.62. The lowest BCUT2D eigenvalue weighted by Gasteiger charge is -2.12. The van der Waals surface area contributed by atoms with Crippen molar-refractivity contribution in [2.45, 2.75) is 6.92 Å². The van der Waals surface area contributed by atoms with Gasteiger partial charge in [0.15, 0.2) is 0 Å². The van der Waals surface area contributed by atoms with Crippen LogP contribution in [0, 0.1) is 6.92 Å². The third kappa shape index (κ3) is 3.21. The molecule has 0 saturated carbocycles. The number of hydrogen-bond acceptors (Lipinski definition) is 2. The monoisotopic (exact) mass is 304 g/mol. The molecule has 2 nitrogen and oxygen atoms in total. The van der Waals surface area contributed by atoms with E-state index < -0.39 is 0 Å². The fourth-order valence-corrected chi connectivity index (χ4v) is 2.65. The fraction of sp³-hybridized carbons (Fsp3) is 0.143. The molecule has 0 bridgehead atoms. The minimum absolute atomic E-state index is 0.840. The lowest BCUT2D eigenvalue weighted by Crippen LogP contribution is -1.90. The lowest BCUT2D eigenvalue weighted by molar-refractivity contribution is 0.414. The van der Waals surface area contributed by atoms with E-state index in [1.165, 1.54) is 11.1 Å². The molecule has 0 spiro atoms. The van der Waals surface area contributed by atoms with Gasteiger partial charge in [-0.05, 0) is 41.8 Å². The number of aryl methyl sites for hydroxylation is 1. The Morgan fingerprint density at radius 2 is 1.39 bits per heavy atom. The van der Waals surface area contributed by atoms with Gasteiger partial charge in [-0.25, -0.2) is 0 Å². The van der Waals surface area contributed by atoms with Gasteiger partial charge in [0, 0.05) is 5.56 Å². The molecule has 0 aliphatic carbocycles. The maximum Gasteiger partial charge on any atom is 0.127 e. The number of rotatable bonds is 4. The summed E-state index contributed by atoms with van der Waals surface area (Å²) in [6.45, 7) is 2.09. The Morgan fingerprint density at radius 1 is 0.652 bits per heavy atom. The van der Waals surface area contributed by atoms with Crippen LogP contribution in [-0.4, -0.2) is 14.2 Å². The van der Waals surface area contributed by atoms with Crippen molar-refractivity contribution in [3.05, 3.63) is 72.3 Å². The lowest BCUT2D eigenvalue weighted by atomic mass is 9.98. The Balaban J connectivity index is 2.04. The first-order valence-electron chi connectivity index (χ1n) is 7.61. The molecule has 2 heteroatoms. The van der Waals surface area contributed by atoms with Crippen molar-refractivity contribution in [1.29, 1.82) is 0 Å². The Labute approximate surface area is 137 Å². The molecule has 0 N–H and O–H groups in total. The third-order valence-electron chi connectivity index (χ3n) is 3.97. The second-order valence-corrected chi connectivity index (χ2v) is 5.51. The Hall–Kier alpha value is -2.74. The number of benzene rings is 3. The summed E-state index contributed by atoms with van der Waals surface area (Å²) in [5.74, 6) is 1.70. The Bertz CT molecular complexity index is 804. The molecule has 3 aromatic rings. The minimum Gasteiger partial charge on any atom is -0.497 e. The first kappa shape index (κ1) is 15.2. The molecule has 3 aromatic carbocycles. The zero-order valence-corrected chi connectivity index (χ0v) is 13.7. The number of hydrogen-bond donors (Lipinski definition) is 0. The van der Waals surface area contributed by atoms with Gasteiger partial charge in [0.05, 0.1) is 14.2 Å². The van der Waals surface area contributed by atoms with Gasteiger partial charge in [-0.2, -0.15) is 0 Å². The first-order valence-corrected chi connectivity index (χ1v) is 7.61. The summed E-state index contributed by atoms with van der Waals surface area (Å²) in [5.41, 5.74) is 5.73. The molecule has 0 fully saturated rings. The SMILES string of the molecule is COc1cccc(-c2ccc(-c3ccc(C)cc3)cc2OC)c1. The van der Waals surface area contributed by atoms with E-state index in [2.05, 4.69) is 55.5 Å². The average molecular weight is 304 g/mol. The van der Waals surface area contributed by atoms with Gasteiger partial charge in [-0.1, -0.05) is 54.1 Å². The molecule has 0 unspecified atom stereocenters. The molecule has 0 atom stereocenters. The predicted molar refractivity (Wildman–Crippen MR) is 95.2 cm³/mol. The van der Waals surface area contributed by atoms with Crippen LogP contribution in [0.15, 0.2) is 66.7 Å². The third-order valence-corrected chi connectivity index (χ3v) is 3.97. The molecule has 0 aromatic heterocycles. The van der Waals surface area contributed by atoms with E-state index in [0.29, 0.717) is 0 Å². The smallest absolute Gasteiger partial charge is 0.127 e. The number of ether oxygens (including phenoxy) is 2. The quantitative estimate of drug-likeness (QED) is 0.647. The minimum atomic E-state index is 0.840. The largest absolute Gasteiger partial charge is 0.497 e. The zero-order valence-electron chi connectivity index (χ0n) is 13.7. The topological polar surface area (TPSA) is 18.5 Å². The summed E-state index contributed by atoms with van der Waals surface area (Å²) in [7, 11) is 3.38. The van der Waals surface area contributed by atoms with Crippen LogP contribution in [0.5, 0.6) is 11.5 Å². The van der Waals surface area contributed by atoms with Crippen molar-refractivity contribution in [2.75, 3.05) is 14.2 Å². The van der Waals surface area contributed by atoms with Crippen molar-refractivity contribution in [3.8, 4) is 33.8 Å². The molecular formula is C21H20O2. The second-order valence-electron chi connectivity index (χ2n) is 5.51. The number of methoxy groups -OCH3 is 2. The van der Waals surface area contributed by atoms with E-state index in [0.717, 1.165) is 28.2 Å². The van der Waals surface area contributed by atoms with Crippen molar-refractivity contribution in [1.82, 2.24) is 0 Å². The van der Waals surface area contributed by atoms with Crippen molar-refractivity contribution in [3.63, 3.8) is 0 Å². The van der Waals surface area contributed by atoms with Crippen LogP contribution in [0.25, 0.3) is 22.3 Å². The zero-order chi connectivity index (χ0) is 16.2. The van der Waals surface area contributed by atoms with E-state index in [1.807, 2.05) is 18.2 Å². The van der Waals surface area contributed by atoms with Crippen LogP contribution < -0.4 is 9.47 Å². The van der Waals surface area contributed by atoms with Crippen LogP contribution in [0.3, 0.4) is 0 Å². The highest BCUT2D eigenvalue weighted by Crippen LogP contribution is 2.35. The van der Waals surface area contributed by atoms with Crippen molar-refractivity contribution < 1.29 is 9.47 Å². The maximum atomic E-state index is 5.62. The Kier molecular flexibility index (Phi) is 4.33. The van der Waals surface area contributed by atoms with Crippen LogP contribution >= 0.6 is 0 Å². The van der Waals surface area contributed by atoms with E-state index in [1.54, 1.807) is 14.2 Å². The highest BCUT2D eigenvalue weighted by Gasteiger charge is 2.09. The highest BCUT2D eigenvalue weighted by molar-refractivity contribution is 5.77. The standard InChI is InChI=1S/C21H20O2/c1-15-7-9-16(10-8-15)17-11-12-20(21(14-17)23-3)18-5-4-6-19(13-18)22-2/h4-14H,1-3H3. The fourth-order valence-electron chi connectivity index (χ4n) is 2.65. The summed E-state index contributed by atoms with van der Waals surface area (Å²) in [6.07, 6.45) is 0. The van der Waals surface area contributed by atoms with Gasteiger partial charge < -0.3 is 9.47 Å². The van der Waals surface area contributed by atoms with Gasteiger partial charge in [0.25, 0.3) is 0 Å². The molecule has 0 aliphatic rings.